The van der Waals surface area contributed by atoms with Crippen molar-refractivity contribution >= 4 is 63.2 Å². The molecule has 7 heteroatoms. The van der Waals surface area contributed by atoms with Gasteiger partial charge in [0.25, 0.3) is 5.79 Å². The first kappa shape index (κ1) is 19.7. The van der Waals surface area contributed by atoms with E-state index < -0.39 is 17.7 Å². The SMILES string of the molecule is C=CCOc1c(I)cc(C=C2C(=O)OC3(CCCCC3)OC2=O)cc1I. The van der Waals surface area contributed by atoms with Crippen molar-refractivity contribution < 1.29 is 23.8 Å². The topological polar surface area (TPSA) is 61.8 Å². The molecule has 1 aromatic rings. The molecule has 2 fully saturated rings. The van der Waals surface area contributed by atoms with E-state index in [2.05, 4.69) is 51.8 Å². The minimum atomic E-state index is -1.06. The molecular formula is C19H18I2O5. The Morgan fingerprint density at radius 2 is 1.65 bits per heavy atom. The number of benzene rings is 1. The number of esters is 2. The van der Waals surface area contributed by atoms with E-state index in [1.807, 2.05) is 12.1 Å². The van der Waals surface area contributed by atoms with Crippen LogP contribution >= 0.6 is 45.2 Å². The number of carbonyl (C=O) groups excluding carboxylic acids is 2. The third-order valence-corrected chi connectivity index (χ3v) is 5.89. The summed E-state index contributed by atoms with van der Waals surface area (Å²) in [6.45, 7) is 4.05. The molecule has 0 amide bonds. The van der Waals surface area contributed by atoms with E-state index in [9.17, 15) is 9.59 Å². The van der Waals surface area contributed by atoms with Crippen molar-refractivity contribution in [1.29, 1.82) is 0 Å². The Labute approximate surface area is 179 Å². The minimum Gasteiger partial charge on any atom is -0.487 e. The molecule has 0 bridgehead atoms. The van der Waals surface area contributed by atoms with Crippen LogP contribution in [0.1, 0.15) is 37.7 Å². The largest absolute Gasteiger partial charge is 0.487 e. The lowest BCUT2D eigenvalue weighted by atomic mass is 9.93. The van der Waals surface area contributed by atoms with Gasteiger partial charge >= 0.3 is 11.9 Å². The number of carbonyl (C=O) groups is 2. The molecule has 1 aliphatic heterocycles. The summed E-state index contributed by atoms with van der Waals surface area (Å²) in [5, 5.41) is 0. The molecule has 0 radical (unpaired) electrons. The van der Waals surface area contributed by atoms with E-state index in [0.717, 1.165) is 32.2 Å². The highest BCUT2D eigenvalue weighted by Crippen LogP contribution is 2.37. The highest BCUT2D eigenvalue weighted by atomic mass is 127. The van der Waals surface area contributed by atoms with Crippen LogP contribution in [0.3, 0.4) is 0 Å². The van der Waals surface area contributed by atoms with Gasteiger partial charge in [-0.1, -0.05) is 19.1 Å². The van der Waals surface area contributed by atoms with Gasteiger partial charge in [0, 0.05) is 12.8 Å². The Bertz CT molecular complexity index is 733. The number of hydrogen-bond acceptors (Lipinski definition) is 5. The van der Waals surface area contributed by atoms with Crippen molar-refractivity contribution in [3.63, 3.8) is 0 Å². The fourth-order valence-corrected chi connectivity index (χ4v) is 5.20. The quantitative estimate of drug-likeness (QED) is 0.171. The second-order valence-corrected chi connectivity index (χ2v) is 8.55. The Morgan fingerprint density at radius 3 is 2.19 bits per heavy atom. The van der Waals surface area contributed by atoms with E-state index in [1.54, 1.807) is 6.08 Å². The Kier molecular flexibility index (Phi) is 6.26. The summed E-state index contributed by atoms with van der Waals surface area (Å²) in [6, 6.07) is 3.69. The highest BCUT2D eigenvalue weighted by molar-refractivity contribution is 14.1. The molecule has 3 rings (SSSR count). The second-order valence-electron chi connectivity index (χ2n) is 6.22. The van der Waals surface area contributed by atoms with Crippen LogP contribution in [-0.2, 0) is 19.1 Å². The molecule has 5 nitrogen and oxygen atoms in total. The van der Waals surface area contributed by atoms with Gasteiger partial charge in [-0.3, -0.25) is 0 Å². The molecule has 1 heterocycles. The van der Waals surface area contributed by atoms with Gasteiger partial charge in [-0.05, 0) is 81.8 Å². The number of ether oxygens (including phenoxy) is 3. The maximum atomic E-state index is 12.4. The van der Waals surface area contributed by atoms with Gasteiger partial charge in [0.2, 0.25) is 0 Å². The average Bonchev–Trinajstić information content (AvgIpc) is 2.58. The summed E-state index contributed by atoms with van der Waals surface area (Å²) in [7, 11) is 0. The molecule has 1 aromatic carbocycles. The predicted octanol–water partition coefficient (Wildman–Crippen LogP) is 4.60. The zero-order valence-corrected chi connectivity index (χ0v) is 18.4. The fourth-order valence-electron chi connectivity index (χ4n) is 3.07. The zero-order chi connectivity index (χ0) is 18.7. The molecule has 1 saturated heterocycles. The molecule has 1 saturated carbocycles. The van der Waals surface area contributed by atoms with E-state index in [-0.39, 0.29) is 5.57 Å². The number of rotatable bonds is 4. The second kappa shape index (κ2) is 8.28. The van der Waals surface area contributed by atoms with Crippen molar-refractivity contribution in [1.82, 2.24) is 0 Å². The zero-order valence-electron chi connectivity index (χ0n) is 14.1. The van der Waals surface area contributed by atoms with Gasteiger partial charge < -0.3 is 14.2 Å². The molecule has 0 unspecified atom stereocenters. The number of hydrogen-bond donors (Lipinski definition) is 0. The van der Waals surface area contributed by atoms with Gasteiger partial charge in [-0.15, -0.1) is 0 Å². The van der Waals surface area contributed by atoms with Crippen molar-refractivity contribution in [2.75, 3.05) is 6.61 Å². The summed E-state index contributed by atoms with van der Waals surface area (Å²) in [6.07, 6.45) is 7.19. The van der Waals surface area contributed by atoms with Gasteiger partial charge in [-0.25, -0.2) is 9.59 Å². The lowest BCUT2D eigenvalue weighted by Gasteiger charge is -2.38. The lowest BCUT2D eigenvalue weighted by molar-refractivity contribution is -0.244. The van der Waals surface area contributed by atoms with Crippen molar-refractivity contribution in [3.05, 3.63) is 43.1 Å². The van der Waals surface area contributed by atoms with Crippen LogP contribution in [0.15, 0.2) is 30.4 Å². The average molecular weight is 580 g/mol. The summed E-state index contributed by atoms with van der Waals surface area (Å²) >= 11 is 4.32. The molecule has 26 heavy (non-hydrogen) atoms. The van der Waals surface area contributed by atoms with E-state index >= 15 is 0 Å². The van der Waals surface area contributed by atoms with Crippen LogP contribution in [0.5, 0.6) is 5.75 Å². The van der Waals surface area contributed by atoms with E-state index in [4.69, 9.17) is 14.2 Å². The molecule has 1 aliphatic carbocycles. The van der Waals surface area contributed by atoms with Crippen molar-refractivity contribution in [2.45, 2.75) is 37.9 Å². The number of halogens is 2. The van der Waals surface area contributed by atoms with Crippen LogP contribution in [-0.4, -0.2) is 24.3 Å². The minimum absolute atomic E-state index is 0.0763. The molecule has 2 aliphatic rings. The third-order valence-electron chi connectivity index (χ3n) is 4.29. The Hall–Kier alpha value is -1.10. The van der Waals surface area contributed by atoms with Crippen molar-refractivity contribution in [3.8, 4) is 5.75 Å². The first-order chi connectivity index (χ1) is 12.4. The smallest absolute Gasteiger partial charge is 0.348 e. The Morgan fingerprint density at radius 1 is 1.08 bits per heavy atom. The van der Waals surface area contributed by atoms with Crippen LogP contribution in [0.25, 0.3) is 6.08 Å². The molecule has 0 aromatic heterocycles. The predicted molar refractivity (Wildman–Crippen MR) is 114 cm³/mol. The molecule has 0 N–H and O–H groups in total. The standard InChI is InChI=1S/C19H18I2O5/c1-2-8-24-16-14(20)10-12(11-15(16)21)9-13-17(22)25-19(26-18(13)23)6-4-3-5-7-19/h2,9-11H,1,3-8H2. The monoisotopic (exact) mass is 580 g/mol. The van der Waals surface area contributed by atoms with Gasteiger partial charge in [-0.2, -0.15) is 0 Å². The van der Waals surface area contributed by atoms with E-state index in [1.165, 1.54) is 6.08 Å². The van der Waals surface area contributed by atoms with Crippen LogP contribution in [0, 0.1) is 7.14 Å². The van der Waals surface area contributed by atoms with Gasteiger partial charge in [0.05, 0.1) is 7.14 Å². The first-order valence-corrected chi connectivity index (χ1v) is 10.5. The molecular weight excluding hydrogens is 562 g/mol. The van der Waals surface area contributed by atoms with Crippen LogP contribution in [0.4, 0.5) is 0 Å². The maximum Gasteiger partial charge on any atom is 0.348 e. The highest BCUT2D eigenvalue weighted by Gasteiger charge is 2.46. The summed E-state index contributed by atoms with van der Waals surface area (Å²) in [4.78, 5) is 24.9. The molecule has 1 spiro atoms. The fraction of sp³-hybridized carbons (Fsp3) is 0.368. The lowest BCUT2D eigenvalue weighted by Crippen LogP contribution is -2.47. The normalized spacial score (nSPS) is 18.9. The summed E-state index contributed by atoms with van der Waals surface area (Å²) in [5.41, 5.74) is 0.640. The van der Waals surface area contributed by atoms with Crippen molar-refractivity contribution in [2.24, 2.45) is 0 Å². The third kappa shape index (κ3) is 4.24. The van der Waals surface area contributed by atoms with Gasteiger partial charge in [0.15, 0.2) is 0 Å². The molecule has 138 valence electrons. The van der Waals surface area contributed by atoms with Crippen LogP contribution < -0.4 is 4.74 Å². The molecule has 0 atom stereocenters. The summed E-state index contributed by atoms with van der Waals surface area (Å²) < 4.78 is 18.4. The van der Waals surface area contributed by atoms with Crippen LogP contribution in [0.2, 0.25) is 0 Å². The van der Waals surface area contributed by atoms with E-state index in [0.29, 0.717) is 25.0 Å². The maximum absolute atomic E-state index is 12.4. The first-order valence-electron chi connectivity index (χ1n) is 8.35. The van der Waals surface area contributed by atoms with Gasteiger partial charge in [0.1, 0.15) is 17.9 Å². The Balaban J connectivity index is 1.84. The summed E-state index contributed by atoms with van der Waals surface area (Å²) in [5.74, 6) is -1.53.